The van der Waals surface area contributed by atoms with Gasteiger partial charge in [0.15, 0.2) is 5.82 Å². The van der Waals surface area contributed by atoms with E-state index in [1.165, 1.54) is 35.6 Å². The number of anilines is 2. The highest BCUT2D eigenvalue weighted by molar-refractivity contribution is 5.96. The standard InChI is InChI=1S/C31H39FN6O3/c1-22(39)34-25-7-5-6-23(18-25)10-14-37-15-11-31(12-16-37)13-17-38(20-31)29-28(33-21-36(29)4)41-27-9-8-24(32)19-26(27)30(40)35(2)3/h5-9,18-19,21H,10-17,20H2,1-4H3,(H,34,39). The number of rotatable bonds is 8. The van der Waals surface area contributed by atoms with Crippen molar-refractivity contribution >= 4 is 23.3 Å². The summed E-state index contributed by atoms with van der Waals surface area (Å²) in [6, 6.07) is 12.1. The van der Waals surface area contributed by atoms with Crippen molar-refractivity contribution in [3.05, 3.63) is 65.7 Å². The van der Waals surface area contributed by atoms with Gasteiger partial charge < -0.3 is 29.3 Å². The molecule has 0 atom stereocenters. The molecule has 0 bridgehead atoms. The number of ether oxygens (including phenoxy) is 1. The smallest absolute Gasteiger partial charge is 0.262 e. The number of aryl methyl sites for hydroxylation is 1. The number of hydrogen-bond donors (Lipinski definition) is 1. The minimum Gasteiger partial charge on any atom is -0.435 e. The lowest BCUT2D eigenvalue weighted by atomic mass is 9.77. The van der Waals surface area contributed by atoms with E-state index in [9.17, 15) is 14.0 Å². The summed E-state index contributed by atoms with van der Waals surface area (Å²) in [6.07, 6.45) is 6.02. The van der Waals surface area contributed by atoms with Crippen LogP contribution in [-0.2, 0) is 18.3 Å². The molecule has 2 aliphatic heterocycles. The van der Waals surface area contributed by atoms with Gasteiger partial charge in [-0.15, -0.1) is 0 Å². The maximum Gasteiger partial charge on any atom is 0.262 e. The van der Waals surface area contributed by atoms with Gasteiger partial charge in [0.1, 0.15) is 17.9 Å². The Hall–Kier alpha value is -3.92. The third kappa shape index (κ3) is 6.53. The topological polar surface area (TPSA) is 82.9 Å². The van der Waals surface area contributed by atoms with E-state index in [1.54, 1.807) is 20.4 Å². The quantitative estimate of drug-likeness (QED) is 0.434. The summed E-state index contributed by atoms with van der Waals surface area (Å²) in [4.78, 5) is 34.8. The number of hydrogen-bond acceptors (Lipinski definition) is 6. The van der Waals surface area contributed by atoms with Crippen LogP contribution in [0, 0.1) is 11.2 Å². The van der Waals surface area contributed by atoms with Crippen molar-refractivity contribution in [3.63, 3.8) is 0 Å². The molecule has 0 aliphatic carbocycles. The number of carbonyl (C=O) groups is 2. The van der Waals surface area contributed by atoms with E-state index in [2.05, 4.69) is 32.2 Å². The molecule has 3 aromatic rings. The van der Waals surface area contributed by atoms with Gasteiger partial charge in [-0.05, 0) is 80.1 Å². The van der Waals surface area contributed by atoms with Crippen LogP contribution < -0.4 is 15.0 Å². The molecule has 41 heavy (non-hydrogen) atoms. The Bertz CT molecular complexity index is 1410. The highest BCUT2D eigenvalue weighted by atomic mass is 19.1. The monoisotopic (exact) mass is 562 g/mol. The number of nitrogens with zero attached hydrogens (tertiary/aromatic N) is 5. The van der Waals surface area contributed by atoms with Crippen molar-refractivity contribution in [2.75, 3.05) is 57.0 Å². The fraction of sp³-hybridized carbons (Fsp3) is 0.452. The Labute approximate surface area is 240 Å². The number of halogens is 1. The van der Waals surface area contributed by atoms with Gasteiger partial charge in [0, 0.05) is 53.4 Å². The van der Waals surface area contributed by atoms with Gasteiger partial charge in [-0.2, -0.15) is 0 Å². The zero-order chi connectivity index (χ0) is 29.1. The highest BCUT2D eigenvalue weighted by Crippen LogP contribution is 2.44. The van der Waals surface area contributed by atoms with E-state index < -0.39 is 5.82 Å². The molecule has 0 radical (unpaired) electrons. The van der Waals surface area contributed by atoms with Gasteiger partial charge in [-0.1, -0.05) is 12.1 Å². The summed E-state index contributed by atoms with van der Waals surface area (Å²) >= 11 is 0. The van der Waals surface area contributed by atoms with Crippen LogP contribution in [0.2, 0.25) is 0 Å². The van der Waals surface area contributed by atoms with E-state index in [1.807, 2.05) is 23.7 Å². The molecule has 1 spiro atoms. The molecule has 9 nitrogen and oxygen atoms in total. The average Bonchev–Trinajstić information content (AvgIpc) is 3.51. The zero-order valence-corrected chi connectivity index (χ0v) is 24.3. The van der Waals surface area contributed by atoms with Gasteiger partial charge in [-0.3, -0.25) is 9.59 Å². The number of imidazole rings is 1. The number of likely N-dealkylation sites (tertiary alicyclic amines) is 1. The third-order valence-corrected chi connectivity index (χ3v) is 8.28. The molecule has 1 aromatic heterocycles. The summed E-state index contributed by atoms with van der Waals surface area (Å²) in [5, 5.41) is 2.86. The summed E-state index contributed by atoms with van der Waals surface area (Å²) in [6.45, 7) is 6.45. The molecule has 10 heteroatoms. The maximum absolute atomic E-state index is 14.0. The zero-order valence-electron chi connectivity index (χ0n) is 24.3. The molecule has 2 saturated heterocycles. The van der Waals surface area contributed by atoms with Crippen molar-refractivity contribution in [3.8, 4) is 11.6 Å². The molecule has 1 N–H and O–H groups in total. The van der Waals surface area contributed by atoms with Gasteiger partial charge in [0.2, 0.25) is 5.91 Å². The first-order valence-corrected chi connectivity index (χ1v) is 14.2. The third-order valence-electron chi connectivity index (χ3n) is 8.28. The molecule has 3 heterocycles. The average molecular weight is 563 g/mol. The number of carbonyl (C=O) groups excluding carboxylic acids is 2. The van der Waals surface area contributed by atoms with Gasteiger partial charge in [0.05, 0.1) is 5.56 Å². The van der Waals surface area contributed by atoms with Crippen LogP contribution in [-0.4, -0.2) is 78.0 Å². The molecule has 2 fully saturated rings. The van der Waals surface area contributed by atoms with Crippen molar-refractivity contribution in [2.45, 2.75) is 32.6 Å². The Morgan fingerprint density at radius 1 is 1.10 bits per heavy atom. The highest BCUT2D eigenvalue weighted by Gasteiger charge is 2.42. The Morgan fingerprint density at radius 3 is 2.59 bits per heavy atom. The molecule has 2 aromatic carbocycles. The predicted molar refractivity (Wildman–Crippen MR) is 157 cm³/mol. The van der Waals surface area contributed by atoms with Crippen LogP contribution in [0.1, 0.15) is 42.1 Å². The van der Waals surface area contributed by atoms with Crippen LogP contribution in [0.5, 0.6) is 11.6 Å². The van der Waals surface area contributed by atoms with E-state index in [0.29, 0.717) is 5.88 Å². The minimum atomic E-state index is -0.491. The van der Waals surface area contributed by atoms with Crippen molar-refractivity contribution < 1.29 is 18.7 Å². The molecule has 5 rings (SSSR count). The number of nitrogens with one attached hydrogen (secondary N) is 1. The van der Waals surface area contributed by atoms with Crippen LogP contribution in [0.25, 0.3) is 0 Å². The first kappa shape index (κ1) is 28.6. The summed E-state index contributed by atoms with van der Waals surface area (Å²) in [5.74, 6) is 0.701. The molecule has 218 valence electrons. The van der Waals surface area contributed by atoms with Gasteiger partial charge >= 0.3 is 0 Å². The Balaban J connectivity index is 1.21. The normalized spacial score (nSPS) is 16.7. The number of benzene rings is 2. The van der Waals surface area contributed by atoms with E-state index in [4.69, 9.17) is 4.74 Å². The molecule has 0 unspecified atom stereocenters. The first-order chi connectivity index (χ1) is 19.6. The van der Waals surface area contributed by atoms with Gasteiger partial charge in [0.25, 0.3) is 11.8 Å². The first-order valence-electron chi connectivity index (χ1n) is 14.2. The Morgan fingerprint density at radius 2 is 1.85 bits per heavy atom. The fourth-order valence-electron chi connectivity index (χ4n) is 6.01. The van der Waals surface area contributed by atoms with Crippen molar-refractivity contribution in [1.29, 1.82) is 0 Å². The van der Waals surface area contributed by atoms with Crippen LogP contribution in [0.4, 0.5) is 15.9 Å². The molecular weight excluding hydrogens is 523 g/mol. The second kappa shape index (κ2) is 11.9. The molecule has 2 amide bonds. The van der Waals surface area contributed by atoms with E-state index in [-0.39, 0.29) is 28.5 Å². The van der Waals surface area contributed by atoms with E-state index >= 15 is 0 Å². The predicted octanol–water partition coefficient (Wildman–Crippen LogP) is 4.55. The molecule has 0 saturated carbocycles. The van der Waals surface area contributed by atoms with Crippen LogP contribution >= 0.6 is 0 Å². The summed E-state index contributed by atoms with van der Waals surface area (Å²) in [7, 11) is 5.20. The maximum atomic E-state index is 14.0. The number of amides is 2. The van der Waals surface area contributed by atoms with Gasteiger partial charge in [-0.25, -0.2) is 9.37 Å². The minimum absolute atomic E-state index is 0.0569. The lowest BCUT2D eigenvalue weighted by molar-refractivity contribution is -0.114. The summed E-state index contributed by atoms with van der Waals surface area (Å²) in [5.41, 5.74) is 2.48. The Kier molecular flexibility index (Phi) is 8.30. The summed E-state index contributed by atoms with van der Waals surface area (Å²) < 4.78 is 22.1. The SMILES string of the molecule is CC(=O)Nc1cccc(CCN2CCC3(CC2)CCN(c2c(Oc4ccc(F)cc4C(=O)N(C)C)ncn2C)C3)c1. The number of piperidine rings is 1. The van der Waals surface area contributed by atoms with Crippen molar-refractivity contribution in [1.82, 2.24) is 19.4 Å². The molecular formula is C31H39FN6O3. The fourth-order valence-corrected chi connectivity index (χ4v) is 6.01. The molecule has 2 aliphatic rings. The second-order valence-electron chi connectivity index (χ2n) is 11.6. The van der Waals surface area contributed by atoms with E-state index in [0.717, 1.165) is 69.9 Å². The second-order valence-corrected chi connectivity index (χ2v) is 11.6. The number of aromatic nitrogens is 2. The lowest BCUT2D eigenvalue weighted by Gasteiger charge is -2.39. The lowest BCUT2D eigenvalue weighted by Crippen LogP contribution is -2.42. The van der Waals surface area contributed by atoms with Crippen LogP contribution in [0.3, 0.4) is 0 Å². The van der Waals surface area contributed by atoms with Crippen molar-refractivity contribution in [2.24, 2.45) is 12.5 Å². The van der Waals surface area contributed by atoms with Crippen LogP contribution in [0.15, 0.2) is 48.8 Å². The largest absolute Gasteiger partial charge is 0.435 e.